The second kappa shape index (κ2) is 8.32. The first kappa shape index (κ1) is 15.2. The third kappa shape index (κ3) is 7.44. The minimum absolute atomic E-state index is 0.0598. The Bertz CT molecular complexity index is 232. The summed E-state index contributed by atoms with van der Waals surface area (Å²) in [6.07, 6.45) is -0.703. The van der Waals surface area contributed by atoms with Gasteiger partial charge < -0.3 is 20.1 Å². The monoisotopic (exact) mass is 254 g/mol. The van der Waals surface area contributed by atoms with Crippen molar-refractivity contribution in [3.8, 4) is 0 Å². The normalized spacial score (nSPS) is 14.2. The van der Waals surface area contributed by atoms with Crippen LogP contribution >= 0.6 is 11.6 Å². The van der Waals surface area contributed by atoms with E-state index in [1.165, 1.54) is 0 Å². The molecule has 0 aliphatic carbocycles. The number of carboxylic acids is 1. The molecule has 94 valence electrons. The smallest absolute Gasteiger partial charge is 0.324 e. The molecule has 0 radical (unpaired) electrons. The van der Waals surface area contributed by atoms with Crippen LogP contribution in [0.1, 0.15) is 19.3 Å². The molecule has 16 heavy (non-hydrogen) atoms. The standard InChI is InChI=1S/C9H15ClO6/c10-7(2-1-3-8(13)14)9(15)16-5-6(12)4-11/h6-7,11-12H,1-5H2,(H,13,14). The third-order valence-corrected chi connectivity index (χ3v) is 2.13. The molecule has 0 aliphatic heterocycles. The van der Waals surface area contributed by atoms with Gasteiger partial charge in [0, 0.05) is 6.42 Å². The van der Waals surface area contributed by atoms with E-state index in [1.54, 1.807) is 0 Å². The predicted molar refractivity (Wildman–Crippen MR) is 55.2 cm³/mol. The van der Waals surface area contributed by atoms with E-state index in [0.717, 1.165) is 0 Å². The van der Waals surface area contributed by atoms with Crippen molar-refractivity contribution < 1.29 is 29.6 Å². The van der Waals surface area contributed by atoms with Crippen molar-refractivity contribution in [3.05, 3.63) is 0 Å². The zero-order valence-electron chi connectivity index (χ0n) is 8.63. The molecule has 0 aromatic rings. The van der Waals surface area contributed by atoms with E-state index in [4.69, 9.17) is 26.9 Å². The quantitative estimate of drug-likeness (QED) is 0.407. The van der Waals surface area contributed by atoms with Crippen LogP contribution < -0.4 is 0 Å². The minimum Gasteiger partial charge on any atom is -0.481 e. The maximum Gasteiger partial charge on any atom is 0.324 e. The van der Waals surface area contributed by atoms with Crippen LogP contribution in [0, 0.1) is 0 Å². The van der Waals surface area contributed by atoms with E-state index in [0.29, 0.717) is 0 Å². The number of carbonyl (C=O) groups is 2. The molecule has 7 heteroatoms. The molecule has 0 aliphatic rings. The van der Waals surface area contributed by atoms with Crippen molar-refractivity contribution >= 4 is 23.5 Å². The van der Waals surface area contributed by atoms with Gasteiger partial charge in [-0.3, -0.25) is 9.59 Å². The van der Waals surface area contributed by atoms with Crippen molar-refractivity contribution in [1.29, 1.82) is 0 Å². The zero-order chi connectivity index (χ0) is 12.6. The summed E-state index contributed by atoms with van der Waals surface area (Å²) in [6, 6.07) is 0. The van der Waals surface area contributed by atoms with Gasteiger partial charge in [0.2, 0.25) is 0 Å². The van der Waals surface area contributed by atoms with Gasteiger partial charge in [0.25, 0.3) is 0 Å². The van der Waals surface area contributed by atoms with Crippen molar-refractivity contribution in [2.24, 2.45) is 0 Å². The van der Waals surface area contributed by atoms with Crippen LogP contribution in [0.15, 0.2) is 0 Å². The zero-order valence-corrected chi connectivity index (χ0v) is 9.39. The Labute approximate surface area is 97.8 Å². The van der Waals surface area contributed by atoms with Crippen LogP contribution in [-0.2, 0) is 14.3 Å². The lowest BCUT2D eigenvalue weighted by molar-refractivity contribution is -0.147. The summed E-state index contributed by atoms with van der Waals surface area (Å²) in [6.45, 7) is -0.823. The van der Waals surface area contributed by atoms with Crippen LogP contribution in [0.2, 0.25) is 0 Å². The summed E-state index contributed by atoms with van der Waals surface area (Å²) in [5.41, 5.74) is 0. The third-order valence-electron chi connectivity index (χ3n) is 1.73. The Kier molecular flexibility index (Phi) is 7.88. The number of aliphatic hydroxyl groups is 2. The Morgan fingerprint density at radius 1 is 1.38 bits per heavy atom. The summed E-state index contributed by atoms with van der Waals surface area (Å²) in [4.78, 5) is 21.3. The Hall–Kier alpha value is -0.850. The number of ether oxygens (including phenoxy) is 1. The first-order valence-corrected chi connectivity index (χ1v) is 5.22. The van der Waals surface area contributed by atoms with Gasteiger partial charge in [-0.15, -0.1) is 11.6 Å². The molecule has 0 bridgehead atoms. The molecule has 6 nitrogen and oxygen atoms in total. The minimum atomic E-state index is -1.12. The van der Waals surface area contributed by atoms with Crippen molar-refractivity contribution in [1.82, 2.24) is 0 Å². The summed E-state index contributed by atoms with van der Waals surface area (Å²) >= 11 is 5.63. The molecule has 0 heterocycles. The maximum atomic E-state index is 11.1. The molecular formula is C9H15ClO6. The molecule has 0 aromatic heterocycles. The second-order valence-electron chi connectivity index (χ2n) is 3.22. The van der Waals surface area contributed by atoms with Gasteiger partial charge in [-0.05, 0) is 12.8 Å². The Morgan fingerprint density at radius 3 is 2.50 bits per heavy atom. The average Bonchev–Trinajstić information content (AvgIpc) is 2.24. The van der Waals surface area contributed by atoms with Gasteiger partial charge >= 0.3 is 11.9 Å². The Balaban J connectivity index is 3.69. The van der Waals surface area contributed by atoms with Crippen LogP contribution in [-0.4, -0.2) is 52.0 Å². The van der Waals surface area contributed by atoms with Crippen molar-refractivity contribution in [2.45, 2.75) is 30.7 Å². The molecule has 0 amide bonds. The first-order valence-electron chi connectivity index (χ1n) is 4.78. The molecule has 0 saturated carbocycles. The highest BCUT2D eigenvalue weighted by Gasteiger charge is 2.18. The number of esters is 1. The van der Waals surface area contributed by atoms with Crippen LogP contribution in [0.5, 0.6) is 0 Å². The predicted octanol–water partition coefficient (Wildman–Crippen LogP) is -0.255. The lowest BCUT2D eigenvalue weighted by Gasteiger charge is -2.11. The number of hydrogen-bond acceptors (Lipinski definition) is 5. The molecule has 3 N–H and O–H groups in total. The molecular weight excluding hydrogens is 240 g/mol. The topological polar surface area (TPSA) is 104 Å². The number of hydrogen-bond donors (Lipinski definition) is 3. The lowest BCUT2D eigenvalue weighted by Crippen LogP contribution is -2.26. The molecule has 0 spiro atoms. The van der Waals surface area contributed by atoms with E-state index in [9.17, 15) is 9.59 Å². The van der Waals surface area contributed by atoms with Gasteiger partial charge in [-0.1, -0.05) is 0 Å². The van der Waals surface area contributed by atoms with E-state index in [1.807, 2.05) is 0 Å². The molecule has 2 unspecified atom stereocenters. The number of rotatable bonds is 8. The van der Waals surface area contributed by atoms with Gasteiger partial charge in [0.15, 0.2) is 0 Å². The highest BCUT2D eigenvalue weighted by Crippen LogP contribution is 2.09. The largest absolute Gasteiger partial charge is 0.481 e. The molecule has 0 rings (SSSR count). The molecule has 2 atom stereocenters. The van der Waals surface area contributed by atoms with E-state index in [-0.39, 0.29) is 25.9 Å². The van der Waals surface area contributed by atoms with Gasteiger partial charge in [-0.2, -0.15) is 0 Å². The number of aliphatic hydroxyl groups excluding tert-OH is 2. The maximum absolute atomic E-state index is 11.1. The van der Waals surface area contributed by atoms with Crippen molar-refractivity contribution in [3.63, 3.8) is 0 Å². The number of carboxylic acid groups (broad SMARTS) is 1. The van der Waals surface area contributed by atoms with Crippen LogP contribution in [0.25, 0.3) is 0 Å². The highest BCUT2D eigenvalue weighted by atomic mass is 35.5. The van der Waals surface area contributed by atoms with Gasteiger partial charge in [0.05, 0.1) is 6.61 Å². The van der Waals surface area contributed by atoms with Crippen LogP contribution in [0.4, 0.5) is 0 Å². The fourth-order valence-corrected chi connectivity index (χ4v) is 1.09. The summed E-state index contributed by atoms with van der Waals surface area (Å²) in [5, 5.41) is 24.8. The van der Waals surface area contributed by atoms with E-state index >= 15 is 0 Å². The van der Waals surface area contributed by atoms with Gasteiger partial charge in [-0.25, -0.2) is 0 Å². The van der Waals surface area contributed by atoms with Crippen LogP contribution in [0.3, 0.4) is 0 Å². The number of carbonyl (C=O) groups excluding carboxylic acids is 1. The van der Waals surface area contributed by atoms with Gasteiger partial charge in [0.1, 0.15) is 18.1 Å². The Morgan fingerprint density at radius 2 is 2.00 bits per heavy atom. The lowest BCUT2D eigenvalue weighted by atomic mass is 10.2. The second-order valence-corrected chi connectivity index (χ2v) is 3.75. The number of halogens is 1. The fourth-order valence-electron chi connectivity index (χ4n) is 0.872. The summed E-state index contributed by atoms with van der Waals surface area (Å²) in [5.74, 6) is -1.67. The average molecular weight is 255 g/mol. The molecule has 0 aromatic carbocycles. The molecule has 0 saturated heterocycles. The molecule has 0 fully saturated rings. The number of alkyl halides is 1. The number of aliphatic carboxylic acids is 1. The SMILES string of the molecule is O=C(O)CCCC(Cl)C(=O)OCC(O)CO. The summed E-state index contributed by atoms with van der Waals surface area (Å²) < 4.78 is 4.59. The van der Waals surface area contributed by atoms with E-state index in [2.05, 4.69) is 4.74 Å². The fraction of sp³-hybridized carbons (Fsp3) is 0.778. The first-order chi connectivity index (χ1) is 7.47. The van der Waals surface area contributed by atoms with E-state index < -0.39 is 30.0 Å². The summed E-state index contributed by atoms with van der Waals surface area (Å²) in [7, 11) is 0. The van der Waals surface area contributed by atoms with Crippen molar-refractivity contribution in [2.75, 3.05) is 13.2 Å². The highest BCUT2D eigenvalue weighted by molar-refractivity contribution is 6.29.